The lowest BCUT2D eigenvalue weighted by Gasteiger charge is -2.45. The van der Waals surface area contributed by atoms with Gasteiger partial charge in [-0.15, -0.1) is 0 Å². The second-order valence-corrected chi connectivity index (χ2v) is 7.45. The number of esters is 1. The number of amides is 1. The van der Waals surface area contributed by atoms with Gasteiger partial charge >= 0.3 is 12.1 Å². The highest BCUT2D eigenvalue weighted by Gasteiger charge is 2.52. The zero-order valence-electron chi connectivity index (χ0n) is 14.8. The standard InChI is InChI=1S/C18H29NO4/c1-5-22-15(20)18-11-7-6-10-14(18)19(13-9-8-12-18)16(21)23-17(2,3)4/h8-9,14H,5-7,10-13H2,1-4H3/t14-,18+/m0/s1. The number of hydrogen-bond acceptors (Lipinski definition) is 4. The number of rotatable bonds is 2. The summed E-state index contributed by atoms with van der Waals surface area (Å²) in [7, 11) is 0. The number of fused-ring (bicyclic) bond motifs is 1. The maximum Gasteiger partial charge on any atom is 0.410 e. The number of hydrogen-bond donors (Lipinski definition) is 0. The van der Waals surface area contributed by atoms with Crippen LogP contribution in [0.1, 0.15) is 59.8 Å². The highest BCUT2D eigenvalue weighted by atomic mass is 16.6. The second kappa shape index (κ2) is 6.93. The van der Waals surface area contributed by atoms with Gasteiger partial charge in [-0.1, -0.05) is 25.0 Å². The number of carbonyl (C=O) groups excluding carboxylic acids is 2. The molecular formula is C18H29NO4. The maximum absolute atomic E-state index is 12.7. The van der Waals surface area contributed by atoms with E-state index in [2.05, 4.69) is 0 Å². The average Bonchev–Trinajstić information content (AvgIpc) is 2.66. The minimum Gasteiger partial charge on any atom is -0.465 e. The highest BCUT2D eigenvalue weighted by Crippen LogP contribution is 2.45. The first-order valence-electron chi connectivity index (χ1n) is 8.62. The van der Waals surface area contributed by atoms with Crippen LogP contribution in [-0.4, -0.2) is 41.8 Å². The Balaban J connectivity index is 2.31. The Morgan fingerprint density at radius 3 is 2.65 bits per heavy atom. The van der Waals surface area contributed by atoms with Crippen LogP contribution in [0.5, 0.6) is 0 Å². The van der Waals surface area contributed by atoms with E-state index in [1.54, 1.807) is 4.90 Å². The van der Waals surface area contributed by atoms with E-state index in [4.69, 9.17) is 9.47 Å². The fourth-order valence-electron chi connectivity index (χ4n) is 3.64. The van der Waals surface area contributed by atoms with Crippen molar-refractivity contribution in [3.8, 4) is 0 Å². The van der Waals surface area contributed by atoms with Gasteiger partial charge in [0.1, 0.15) is 5.60 Å². The lowest BCUT2D eigenvalue weighted by Crippen LogP contribution is -2.56. The first kappa shape index (κ1) is 17.8. The van der Waals surface area contributed by atoms with Crippen LogP contribution in [0.2, 0.25) is 0 Å². The second-order valence-electron chi connectivity index (χ2n) is 7.45. The van der Waals surface area contributed by atoms with E-state index in [9.17, 15) is 9.59 Å². The lowest BCUT2D eigenvalue weighted by atomic mass is 9.68. The van der Waals surface area contributed by atoms with Gasteiger partial charge in [0.15, 0.2) is 0 Å². The van der Waals surface area contributed by atoms with E-state index >= 15 is 0 Å². The summed E-state index contributed by atoms with van der Waals surface area (Å²) in [6.45, 7) is 8.25. The fraction of sp³-hybridized carbons (Fsp3) is 0.778. The molecule has 1 saturated carbocycles. The lowest BCUT2D eigenvalue weighted by molar-refractivity contribution is -0.162. The SMILES string of the molecule is CCOC(=O)[C@]12CC=CCN(C(=O)OC(C)(C)C)[C@H]1CCCC2. The van der Waals surface area contributed by atoms with E-state index in [0.717, 1.165) is 25.7 Å². The molecule has 2 rings (SSSR count). The summed E-state index contributed by atoms with van der Waals surface area (Å²) in [6.07, 6.45) is 7.86. The maximum atomic E-state index is 12.7. The molecule has 0 saturated heterocycles. The van der Waals surface area contributed by atoms with Gasteiger partial charge in [-0.2, -0.15) is 0 Å². The summed E-state index contributed by atoms with van der Waals surface area (Å²) in [4.78, 5) is 27.1. The summed E-state index contributed by atoms with van der Waals surface area (Å²) in [5, 5.41) is 0. The molecule has 1 amide bonds. The summed E-state index contributed by atoms with van der Waals surface area (Å²) in [5.74, 6) is -0.176. The third kappa shape index (κ3) is 3.88. The molecule has 1 heterocycles. The van der Waals surface area contributed by atoms with Crippen LogP contribution < -0.4 is 0 Å². The monoisotopic (exact) mass is 323 g/mol. The highest BCUT2D eigenvalue weighted by molar-refractivity contribution is 5.80. The van der Waals surface area contributed by atoms with E-state index in [1.807, 2.05) is 39.8 Å². The Hall–Kier alpha value is -1.52. The quantitative estimate of drug-likeness (QED) is 0.574. The van der Waals surface area contributed by atoms with E-state index in [1.165, 1.54) is 0 Å². The molecular weight excluding hydrogens is 294 g/mol. The van der Waals surface area contributed by atoms with Crippen molar-refractivity contribution in [3.63, 3.8) is 0 Å². The van der Waals surface area contributed by atoms with Crippen LogP contribution in [0.25, 0.3) is 0 Å². The van der Waals surface area contributed by atoms with Crippen molar-refractivity contribution < 1.29 is 19.1 Å². The smallest absolute Gasteiger partial charge is 0.410 e. The van der Waals surface area contributed by atoms with Crippen molar-refractivity contribution in [2.24, 2.45) is 5.41 Å². The van der Waals surface area contributed by atoms with Gasteiger partial charge in [-0.05, 0) is 47.0 Å². The van der Waals surface area contributed by atoms with Crippen molar-refractivity contribution in [1.29, 1.82) is 0 Å². The molecule has 5 heteroatoms. The molecule has 1 aliphatic carbocycles. The first-order chi connectivity index (χ1) is 10.8. The molecule has 0 unspecified atom stereocenters. The van der Waals surface area contributed by atoms with Crippen molar-refractivity contribution in [2.45, 2.75) is 71.4 Å². The number of carbonyl (C=O) groups is 2. The van der Waals surface area contributed by atoms with Crippen molar-refractivity contribution in [3.05, 3.63) is 12.2 Å². The Bertz CT molecular complexity index is 480. The Morgan fingerprint density at radius 1 is 1.26 bits per heavy atom. The fourth-order valence-corrected chi connectivity index (χ4v) is 3.64. The zero-order chi connectivity index (χ0) is 17.1. The van der Waals surface area contributed by atoms with Gasteiger partial charge in [0.2, 0.25) is 0 Å². The van der Waals surface area contributed by atoms with Crippen LogP contribution in [0, 0.1) is 5.41 Å². The van der Waals surface area contributed by atoms with E-state index < -0.39 is 11.0 Å². The average molecular weight is 323 g/mol. The molecule has 2 atom stereocenters. The minimum atomic E-state index is -0.627. The molecule has 0 aromatic heterocycles. The van der Waals surface area contributed by atoms with Gasteiger partial charge in [0, 0.05) is 6.54 Å². The topological polar surface area (TPSA) is 55.8 Å². The van der Waals surface area contributed by atoms with Crippen LogP contribution >= 0.6 is 0 Å². The van der Waals surface area contributed by atoms with Gasteiger partial charge in [0.25, 0.3) is 0 Å². The molecule has 0 aromatic rings. The third-order valence-electron chi connectivity index (χ3n) is 4.63. The summed E-state index contributed by atoms with van der Waals surface area (Å²) in [6, 6.07) is -0.153. The Morgan fingerprint density at radius 2 is 2.00 bits per heavy atom. The molecule has 1 fully saturated rings. The van der Waals surface area contributed by atoms with Crippen LogP contribution in [0.15, 0.2) is 12.2 Å². The van der Waals surface area contributed by atoms with E-state index in [0.29, 0.717) is 19.6 Å². The van der Waals surface area contributed by atoms with Crippen molar-refractivity contribution in [1.82, 2.24) is 4.90 Å². The summed E-state index contributed by atoms with van der Waals surface area (Å²) >= 11 is 0. The van der Waals surface area contributed by atoms with Crippen LogP contribution in [0.4, 0.5) is 4.79 Å². The molecule has 23 heavy (non-hydrogen) atoms. The molecule has 1 aliphatic heterocycles. The van der Waals surface area contributed by atoms with Gasteiger partial charge in [-0.3, -0.25) is 4.79 Å². The first-order valence-corrected chi connectivity index (χ1v) is 8.62. The largest absolute Gasteiger partial charge is 0.465 e. The predicted molar refractivity (Wildman–Crippen MR) is 88.0 cm³/mol. The summed E-state index contributed by atoms with van der Waals surface area (Å²) < 4.78 is 10.9. The molecule has 0 spiro atoms. The number of allylic oxidation sites excluding steroid dienone is 1. The van der Waals surface area contributed by atoms with Gasteiger partial charge in [0.05, 0.1) is 18.1 Å². The molecule has 0 bridgehead atoms. The Kier molecular flexibility index (Phi) is 5.37. The third-order valence-corrected chi connectivity index (χ3v) is 4.63. The van der Waals surface area contributed by atoms with Crippen molar-refractivity contribution >= 4 is 12.1 Å². The van der Waals surface area contributed by atoms with Gasteiger partial charge in [-0.25, -0.2) is 4.79 Å². The van der Waals surface area contributed by atoms with Crippen LogP contribution in [0.3, 0.4) is 0 Å². The minimum absolute atomic E-state index is 0.153. The normalized spacial score (nSPS) is 27.8. The zero-order valence-corrected chi connectivity index (χ0v) is 14.8. The molecule has 0 aromatic carbocycles. The van der Waals surface area contributed by atoms with E-state index in [-0.39, 0.29) is 18.1 Å². The Labute approximate surface area is 139 Å². The number of ether oxygens (including phenoxy) is 2. The van der Waals surface area contributed by atoms with Crippen molar-refractivity contribution in [2.75, 3.05) is 13.2 Å². The molecule has 0 radical (unpaired) electrons. The molecule has 130 valence electrons. The summed E-state index contributed by atoms with van der Waals surface area (Å²) in [5.41, 5.74) is -1.17. The number of nitrogens with zero attached hydrogens (tertiary/aromatic N) is 1. The predicted octanol–water partition coefficient (Wildman–Crippen LogP) is 3.68. The molecule has 0 N–H and O–H groups in total. The molecule has 5 nitrogen and oxygen atoms in total. The molecule has 2 aliphatic rings. The van der Waals surface area contributed by atoms with Gasteiger partial charge < -0.3 is 14.4 Å². The van der Waals surface area contributed by atoms with Crippen LogP contribution in [-0.2, 0) is 14.3 Å².